The van der Waals surface area contributed by atoms with Gasteiger partial charge in [0.2, 0.25) is 0 Å². The highest BCUT2D eigenvalue weighted by molar-refractivity contribution is 7.92. The van der Waals surface area contributed by atoms with Gasteiger partial charge in [0.1, 0.15) is 5.01 Å². The van der Waals surface area contributed by atoms with Gasteiger partial charge in [0.05, 0.1) is 20.8 Å². The number of fused-ring (bicyclic) bond motifs is 1. The minimum Gasteiger partial charge on any atom is -0.279 e. The molecule has 0 amide bonds. The summed E-state index contributed by atoms with van der Waals surface area (Å²) < 4.78 is 29.0. The summed E-state index contributed by atoms with van der Waals surface area (Å²) in [4.78, 5) is 4.92. The third-order valence-electron chi connectivity index (χ3n) is 4.34. The summed E-state index contributed by atoms with van der Waals surface area (Å²) in [6.45, 7) is 3.82. The molecule has 0 aliphatic carbocycles. The molecular formula is C21H18N2O2S2. The Balaban J connectivity index is 1.64. The monoisotopic (exact) mass is 394 g/mol. The van der Waals surface area contributed by atoms with Crippen molar-refractivity contribution in [3.63, 3.8) is 0 Å². The smallest absolute Gasteiger partial charge is 0.261 e. The standard InChI is InChI=1S/C21H18N2O2S2/c1-14-7-10-17(11-8-14)27(24,25)23-18-12-9-16(13-15(18)2)21-22-19-5-3-4-6-20(19)26-21/h3-13,23H,1-2H3. The Labute approximate surface area is 162 Å². The Morgan fingerprint density at radius 2 is 1.67 bits per heavy atom. The average molecular weight is 395 g/mol. The van der Waals surface area contributed by atoms with E-state index in [1.807, 2.05) is 50.2 Å². The van der Waals surface area contributed by atoms with Gasteiger partial charge in [0, 0.05) is 5.56 Å². The van der Waals surface area contributed by atoms with E-state index in [9.17, 15) is 8.42 Å². The maximum atomic E-state index is 12.6. The molecule has 0 spiro atoms. The number of hydrogen-bond donors (Lipinski definition) is 1. The molecule has 1 N–H and O–H groups in total. The topological polar surface area (TPSA) is 59.1 Å². The molecule has 0 fully saturated rings. The van der Waals surface area contributed by atoms with Gasteiger partial charge in [-0.15, -0.1) is 11.3 Å². The van der Waals surface area contributed by atoms with E-state index in [0.29, 0.717) is 5.69 Å². The van der Waals surface area contributed by atoms with E-state index in [0.717, 1.165) is 31.9 Å². The number of nitrogens with one attached hydrogen (secondary N) is 1. The van der Waals surface area contributed by atoms with Crippen LogP contribution in [0.1, 0.15) is 11.1 Å². The Hall–Kier alpha value is -2.70. The van der Waals surface area contributed by atoms with Gasteiger partial charge in [-0.1, -0.05) is 29.8 Å². The van der Waals surface area contributed by atoms with Crippen molar-refractivity contribution in [1.29, 1.82) is 0 Å². The number of rotatable bonds is 4. The highest BCUT2D eigenvalue weighted by atomic mass is 32.2. The number of aromatic nitrogens is 1. The van der Waals surface area contributed by atoms with Crippen molar-refractivity contribution in [2.75, 3.05) is 4.72 Å². The van der Waals surface area contributed by atoms with Gasteiger partial charge in [-0.25, -0.2) is 13.4 Å². The maximum absolute atomic E-state index is 12.6. The van der Waals surface area contributed by atoms with E-state index in [1.54, 1.807) is 41.7 Å². The minimum absolute atomic E-state index is 0.253. The van der Waals surface area contributed by atoms with E-state index in [2.05, 4.69) is 9.71 Å². The van der Waals surface area contributed by atoms with Gasteiger partial charge < -0.3 is 0 Å². The van der Waals surface area contributed by atoms with Crippen LogP contribution in [0, 0.1) is 13.8 Å². The molecule has 6 heteroatoms. The van der Waals surface area contributed by atoms with E-state index >= 15 is 0 Å². The normalized spacial score (nSPS) is 11.6. The zero-order valence-corrected chi connectivity index (χ0v) is 16.6. The quantitative estimate of drug-likeness (QED) is 0.505. The summed E-state index contributed by atoms with van der Waals surface area (Å²) in [7, 11) is -3.61. The highest BCUT2D eigenvalue weighted by Crippen LogP contribution is 2.32. The Morgan fingerprint density at radius 3 is 2.37 bits per heavy atom. The fourth-order valence-electron chi connectivity index (χ4n) is 2.83. The van der Waals surface area contributed by atoms with E-state index in [-0.39, 0.29) is 4.90 Å². The fourth-order valence-corrected chi connectivity index (χ4v) is 4.92. The van der Waals surface area contributed by atoms with Crippen molar-refractivity contribution in [2.24, 2.45) is 0 Å². The molecule has 4 rings (SSSR count). The number of sulfonamides is 1. The first-order chi connectivity index (χ1) is 12.9. The summed E-state index contributed by atoms with van der Waals surface area (Å²) >= 11 is 1.63. The van der Waals surface area contributed by atoms with E-state index < -0.39 is 10.0 Å². The number of para-hydroxylation sites is 1. The zero-order valence-electron chi connectivity index (χ0n) is 14.9. The second kappa shape index (κ2) is 6.79. The van der Waals surface area contributed by atoms with Gasteiger partial charge in [0.25, 0.3) is 10.0 Å². The molecular weight excluding hydrogens is 376 g/mol. The summed E-state index contributed by atoms with van der Waals surface area (Å²) in [6.07, 6.45) is 0. The molecule has 0 unspecified atom stereocenters. The van der Waals surface area contributed by atoms with Gasteiger partial charge in [-0.2, -0.15) is 0 Å². The molecule has 0 saturated heterocycles. The van der Waals surface area contributed by atoms with Crippen LogP contribution >= 0.6 is 11.3 Å². The predicted molar refractivity (Wildman–Crippen MR) is 112 cm³/mol. The van der Waals surface area contributed by atoms with Crippen LogP contribution in [0.5, 0.6) is 0 Å². The third-order valence-corrected chi connectivity index (χ3v) is 6.81. The summed E-state index contributed by atoms with van der Waals surface area (Å²) in [5.74, 6) is 0. The van der Waals surface area contributed by atoms with Crippen LogP contribution in [-0.4, -0.2) is 13.4 Å². The molecule has 136 valence electrons. The van der Waals surface area contributed by atoms with Crippen LogP contribution in [0.2, 0.25) is 0 Å². The van der Waals surface area contributed by atoms with Crippen molar-refractivity contribution in [3.8, 4) is 10.6 Å². The Kier molecular flexibility index (Phi) is 4.45. The highest BCUT2D eigenvalue weighted by Gasteiger charge is 2.16. The van der Waals surface area contributed by atoms with Crippen molar-refractivity contribution >= 4 is 37.3 Å². The first kappa shape index (κ1) is 17.7. The lowest BCUT2D eigenvalue weighted by Gasteiger charge is -2.11. The number of nitrogens with zero attached hydrogens (tertiary/aromatic N) is 1. The molecule has 0 saturated carbocycles. The molecule has 4 aromatic rings. The van der Waals surface area contributed by atoms with Crippen molar-refractivity contribution in [1.82, 2.24) is 4.98 Å². The number of benzene rings is 3. The van der Waals surface area contributed by atoms with Crippen molar-refractivity contribution in [3.05, 3.63) is 77.9 Å². The van der Waals surface area contributed by atoms with Crippen LogP contribution in [0.15, 0.2) is 71.6 Å². The SMILES string of the molecule is Cc1ccc(S(=O)(=O)Nc2ccc(-c3nc4ccccc4s3)cc2C)cc1. The van der Waals surface area contributed by atoms with Crippen molar-refractivity contribution < 1.29 is 8.42 Å². The fraction of sp³-hybridized carbons (Fsp3) is 0.0952. The van der Waals surface area contributed by atoms with Crippen LogP contribution < -0.4 is 4.72 Å². The summed E-state index contributed by atoms with van der Waals surface area (Å²) in [5, 5.41) is 0.923. The molecule has 0 aliphatic rings. The molecule has 4 nitrogen and oxygen atoms in total. The second-order valence-corrected chi connectivity index (χ2v) is 9.15. The third kappa shape index (κ3) is 3.59. The number of hydrogen-bond acceptors (Lipinski definition) is 4. The van der Waals surface area contributed by atoms with Crippen LogP contribution in [-0.2, 0) is 10.0 Å². The lowest BCUT2D eigenvalue weighted by molar-refractivity contribution is 0.601. The molecule has 1 aromatic heterocycles. The predicted octanol–water partition coefficient (Wildman–Crippen LogP) is 5.38. The molecule has 27 heavy (non-hydrogen) atoms. The molecule has 0 radical (unpaired) electrons. The van der Waals surface area contributed by atoms with E-state index in [4.69, 9.17) is 0 Å². The first-order valence-electron chi connectivity index (χ1n) is 8.48. The average Bonchev–Trinajstić information content (AvgIpc) is 3.08. The minimum atomic E-state index is -3.61. The van der Waals surface area contributed by atoms with Crippen LogP contribution in [0.4, 0.5) is 5.69 Å². The number of thiazole rings is 1. The van der Waals surface area contributed by atoms with Gasteiger partial charge in [0.15, 0.2) is 0 Å². The molecule has 0 atom stereocenters. The molecule has 0 bridgehead atoms. The van der Waals surface area contributed by atoms with Crippen molar-refractivity contribution in [2.45, 2.75) is 18.7 Å². The first-order valence-corrected chi connectivity index (χ1v) is 10.8. The molecule has 1 heterocycles. The summed E-state index contributed by atoms with van der Waals surface area (Å²) in [6, 6.07) is 20.5. The van der Waals surface area contributed by atoms with Gasteiger partial charge >= 0.3 is 0 Å². The Morgan fingerprint density at radius 1 is 0.926 bits per heavy atom. The lowest BCUT2D eigenvalue weighted by Crippen LogP contribution is -2.13. The lowest BCUT2D eigenvalue weighted by atomic mass is 10.1. The van der Waals surface area contributed by atoms with E-state index in [1.165, 1.54) is 0 Å². The zero-order chi connectivity index (χ0) is 19.0. The second-order valence-electron chi connectivity index (χ2n) is 6.43. The van der Waals surface area contributed by atoms with Gasteiger partial charge in [-0.3, -0.25) is 4.72 Å². The van der Waals surface area contributed by atoms with Gasteiger partial charge in [-0.05, 0) is 61.9 Å². The molecule has 3 aromatic carbocycles. The largest absolute Gasteiger partial charge is 0.279 e. The number of aryl methyl sites for hydroxylation is 2. The van der Waals surface area contributed by atoms with Crippen LogP contribution in [0.25, 0.3) is 20.8 Å². The Bertz CT molecular complexity index is 1190. The number of anilines is 1. The van der Waals surface area contributed by atoms with Crippen LogP contribution in [0.3, 0.4) is 0 Å². The maximum Gasteiger partial charge on any atom is 0.261 e. The summed E-state index contributed by atoms with van der Waals surface area (Å²) in [5.41, 5.74) is 4.39. The molecule has 0 aliphatic heterocycles.